The average molecular weight is 285 g/mol. The third-order valence-electron chi connectivity index (χ3n) is 4.02. The molecule has 2 unspecified atom stereocenters. The van der Waals surface area contributed by atoms with Crippen LogP contribution in [0.5, 0.6) is 0 Å². The molecule has 1 aromatic carbocycles. The number of piperidine rings is 1. The van der Waals surface area contributed by atoms with Crippen LogP contribution in [0.25, 0.3) is 0 Å². The second-order valence-corrected chi connectivity index (χ2v) is 5.61. The number of nitrogens with zero attached hydrogens (tertiary/aromatic N) is 2. The highest BCUT2D eigenvalue weighted by Crippen LogP contribution is 2.14. The minimum atomic E-state index is -0.234. The smallest absolute Gasteiger partial charge is 0.239 e. The summed E-state index contributed by atoms with van der Waals surface area (Å²) in [6.07, 6.45) is 3.42. The molecule has 0 radical (unpaired) electrons. The fraction of sp³-hybridized carbons (Fsp3) is 0.529. The maximum atomic E-state index is 12.3. The first-order chi connectivity index (χ1) is 10.2. The zero-order chi connectivity index (χ0) is 15.1. The first-order valence-corrected chi connectivity index (χ1v) is 7.69. The Hall–Kier alpha value is -1.86. The molecule has 1 amide bonds. The number of amides is 1. The van der Waals surface area contributed by atoms with Crippen molar-refractivity contribution in [1.29, 1.82) is 5.26 Å². The van der Waals surface area contributed by atoms with E-state index in [1.54, 1.807) is 0 Å². The van der Waals surface area contributed by atoms with Gasteiger partial charge in [-0.2, -0.15) is 5.26 Å². The lowest BCUT2D eigenvalue weighted by Crippen LogP contribution is -2.47. The van der Waals surface area contributed by atoms with Crippen molar-refractivity contribution in [2.45, 2.75) is 38.1 Å². The Labute approximate surface area is 126 Å². The molecule has 1 heterocycles. The van der Waals surface area contributed by atoms with Crippen LogP contribution < -0.4 is 5.32 Å². The number of likely N-dealkylation sites (tertiary alicyclic amines) is 1. The SMILES string of the molecule is CC(NCC(C#N)c1ccccc1)C(=O)N1CCCCC1. The van der Waals surface area contributed by atoms with Crippen molar-refractivity contribution in [3.05, 3.63) is 35.9 Å². The van der Waals surface area contributed by atoms with E-state index in [0.29, 0.717) is 6.54 Å². The number of rotatable bonds is 5. The first kappa shape index (κ1) is 15.5. The van der Waals surface area contributed by atoms with Gasteiger partial charge < -0.3 is 10.2 Å². The lowest BCUT2D eigenvalue weighted by atomic mass is 10.0. The predicted molar refractivity (Wildman–Crippen MR) is 82.7 cm³/mol. The standard InChI is InChI=1S/C17H23N3O/c1-14(17(21)20-10-6-3-7-11-20)19-13-16(12-18)15-8-4-2-5-9-15/h2,4-5,8-9,14,16,19H,3,6-7,10-11,13H2,1H3. The fourth-order valence-corrected chi connectivity index (χ4v) is 2.69. The quantitative estimate of drug-likeness (QED) is 0.903. The van der Waals surface area contributed by atoms with Gasteiger partial charge in [-0.25, -0.2) is 0 Å². The van der Waals surface area contributed by atoms with Crippen molar-refractivity contribution in [2.75, 3.05) is 19.6 Å². The highest BCUT2D eigenvalue weighted by atomic mass is 16.2. The second kappa shape index (κ2) is 7.80. The van der Waals surface area contributed by atoms with E-state index in [2.05, 4.69) is 11.4 Å². The zero-order valence-electron chi connectivity index (χ0n) is 12.6. The molecule has 0 aromatic heterocycles. The van der Waals surface area contributed by atoms with Crippen LogP contribution in [0.4, 0.5) is 0 Å². The molecule has 4 heteroatoms. The van der Waals surface area contributed by atoms with E-state index in [0.717, 1.165) is 31.5 Å². The molecule has 1 saturated heterocycles. The molecule has 21 heavy (non-hydrogen) atoms. The van der Waals surface area contributed by atoms with Crippen molar-refractivity contribution in [3.63, 3.8) is 0 Å². The number of carbonyl (C=O) groups is 1. The number of hydrogen-bond acceptors (Lipinski definition) is 3. The minimum absolute atomic E-state index is 0.152. The molecule has 2 rings (SSSR count). The lowest BCUT2D eigenvalue weighted by molar-refractivity contribution is -0.133. The number of hydrogen-bond donors (Lipinski definition) is 1. The Balaban J connectivity index is 1.86. The summed E-state index contributed by atoms with van der Waals surface area (Å²) < 4.78 is 0. The lowest BCUT2D eigenvalue weighted by Gasteiger charge is -2.29. The molecule has 1 aromatic rings. The van der Waals surface area contributed by atoms with Gasteiger partial charge in [-0.3, -0.25) is 4.79 Å². The van der Waals surface area contributed by atoms with Crippen LogP contribution in [0.3, 0.4) is 0 Å². The molecule has 0 aliphatic carbocycles. The summed E-state index contributed by atoms with van der Waals surface area (Å²) in [5.74, 6) is -0.0674. The molecule has 0 saturated carbocycles. The summed E-state index contributed by atoms with van der Waals surface area (Å²) in [5.41, 5.74) is 0.991. The van der Waals surface area contributed by atoms with Crippen molar-refractivity contribution in [1.82, 2.24) is 10.2 Å². The van der Waals surface area contributed by atoms with E-state index >= 15 is 0 Å². The molecule has 1 aliphatic heterocycles. The van der Waals surface area contributed by atoms with Gasteiger partial charge in [0.25, 0.3) is 0 Å². The first-order valence-electron chi connectivity index (χ1n) is 7.69. The molecular formula is C17H23N3O. The van der Waals surface area contributed by atoms with Crippen LogP contribution in [-0.2, 0) is 4.79 Å². The number of nitriles is 1. The molecule has 1 N–H and O–H groups in total. The van der Waals surface area contributed by atoms with Gasteiger partial charge in [0.15, 0.2) is 0 Å². The molecule has 4 nitrogen and oxygen atoms in total. The van der Waals surface area contributed by atoms with Gasteiger partial charge in [0.2, 0.25) is 5.91 Å². The zero-order valence-corrected chi connectivity index (χ0v) is 12.6. The summed E-state index contributed by atoms with van der Waals surface area (Å²) in [7, 11) is 0. The Morgan fingerprint density at radius 1 is 1.29 bits per heavy atom. The summed E-state index contributed by atoms with van der Waals surface area (Å²) >= 11 is 0. The monoisotopic (exact) mass is 285 g/mol. The summed E-state index contributed by atoms with van der Waals surface area (Å²) in [6.45, 7) is 4.12. The maximum absolute atomic E-state index is 12.3. The Morgan fingerprint density at radius 2 is 1.95 bits per heavy atom. The molecule has 2 atom stereocenters. The Morgan fingerprint density at radius 3 is 2.57 bits per heavy atom. The fourth-order valence-electron chi connectivity index (χ4n) is 2.69. The number of carbonyl (C=O) groups excluding carboxylic acids is 1. The van der Waals surface area contributed by atoms with E-state index < -0.39 is 0 Å². The number of nitrogens with one attached hydrogen (secondary N) is 1. The largest absolute Gasteiger partial charge is 0.341 e. The summed E-state index contributed by atoms with van der Waals surface area (Å²) in [6, 6.07) is 11.8. The van der Waals surface area contributed by atoms with E-state index in [1.807, 2.05) is 42.2 Å². The van der Waals surface area contributed by atoms with Crippen molar-refractivity contribution in [2.24, 2.45) is 0 Å². The van der Waals surface area contributed by atoms with Gasteiger partial charge in [0, 0.05) is 19.6 Å². The second-order valence-electron chi connectivity index (χ2n) is 5.61. The minimum Gasteiger partial charge on any atom is -0.341 e. The van der Waals surface area contributed by atoms with Crippen molar-refractivity contribution >= 4 is 5.91 Å². The summed E-state index contributed by atoms with van der Waals surface area (Å²) in [5, 5.41) is 12.5. The van der Waals surface area contributed by atoms with Crippen LogP contribution in [0.1, 0.15) is 37.7 Å². The Bertz CT molecular complexity index is 489. The van der Waals surface area contributed by atoms with Gasteiger partial charge in [0.1, 0.15) is 0 Å². The van der Waals surface area contributed by atoms with Gasteiger partial charge in [-0.05, 0) is 31.7 Å². The van der Waals surface area contributed by atoms with Crippen LogP contribution >= 0.6 is 0 Å². The molecule has 1 fully saturated rings. The van der Waals surface area contributed by atoms with Crippen LogP contribution in [0, 0.1) is 11.3 Å². The Kier molecular flexibility index (Phi) is 5.77. The third kappa shape index (κ3) is 4.30. The van der Waals surface area contributed by atoms with E-state index in [9.17, 15) is 10.1 Å². The van der Waals surface area contributed by atoms with Crippen LogP contribution in [0.15, 0.2) is 30.3 Å². The van der Waals surface area contributed by atoms with Crippen molar-refractivity contribution < 1.29 is 4.79 Å². The molecule has 0 spiro atoms. The summed E-state index contributed by atoms with van der Waals surface area (Å²) in [4.78, 5) is 14.3. The van der Waals surface area contributed by atoms with Crippen LogP contribution in [-0.4, -0.2) is 36.5 Å². The normalized spacial score (nSPS) is 17.8. The topological polar surface area (TPSA) is 56.1 Å². The number of benzene rings is 1. The van der Waals surface area contributed by atoms with E-state index in [1.165, 1.54) is 6.42 Å². The van der Waals surface area contributed by atoms with Gasteiger partial charge in [-0.15, -0.1) is 0 Å². The van der Waals surface area contributed by atoms with Gasteiger partial charge in [0.05, 0.1) is 18.0 Å². The average Bonchev–Trinajstić information content (AvgIpc) is 2.56. The van der Waals surface area contributed by atoms with Gasteiger partial charge in [-0.1, -0.05) is 30.3 Å². The van der Waals surface area contributed by atoms with E-state index in [4.69, 9.17) is 0 Å². The highest BCUT2D eigenvalue weighted by Gasteiger charge is 2.22. The van der Waals surface area contributed by atoms with E-state index in [-0.39, 0.29) is 17.9 Å². The van der Waals surface area contributed by atoms with Gasteiger partial charge >= 0.3 is 0 Å². The predicted octanol–water partition coefficient (Wildman–Crippen LogP) is 2.28. The highest BCUT2D eigenvalue weighted by molar-refractivity contribution is 5.81. The van der Waals surface area contributed by atoms with Crippen LogP contribution in [0.2, 0.25) is 0 Å². The molecular weight excluding hydrogens is 262 g/mol. The molecule has 112 valence electrons. The molecule has 1 aliphatic rings. The third-order valence-corrected chi connectivity index (χ3v) is 4.02. The van der Waals surface area contributed by atoms with Crippen molar-refractivity contribution in [3.8, 4) is 6.07 Å². The maximum Gasteiger partial charge on any atom is 0.239 e. The molecule has 0 bridgehead atoms.